The second kappa shape index (κ2) is 5.07. The van der Waals surface area contributed by atoms with Crippen LogP contribution in [0, 0.1) is 0 Å². The van der Waals surface area contributed by atoms with Crippen LogP contribution < -0.4 is 5.32 Å². The van der Waals surface area contributed by atoms with Crippen LogP contribution in [-0.2, 0) is 0 Å². The van der Waals surface area contributed by atoms with Crippen molar-refractivity contribution in [2.24, 2.45) is 0 Å². The van der Waals surface area contributed by atoms with Gasteiger partial charge in [-0.25, -0.2) is 0 Å². The Balaban J connectivity index is 2.00. The van der Waals surface area contributed by atoms with Crippen LogP contribution in [0.3, 0.4) is 0 Å². The summed E-state index contributed by atoms with van der Waals surface area (Å²) in [6.45, 7) is 9.15. The minimum atomic E-state index is 0.372. The van der Waals surface area contributed by atoms with Crippen molar-refractivity contribution in [3.8, 4) is 0 Å². The fourth-order valence-corrected chi connectivity index (χ4v) is 3.24. The largest absolute Gasteiger partial charge is 0.308 e. The predicted molar refractivity (Wildman–Crippen MR) is 69.8 cm³/mol. The van der Waals surface area contributed by atoms with Crippen LogP contribution in [0.25, 0.3) is 0 Å². The van der Waals surface area contributed by atoms with Gasteiger partial charge in [0, 0.05) is 36.2 Å². The van der Waals surface area contributed by atoms with E-state index in [9.17, 15) is 0 Å². The van der Waals surface area contributed by atoms with Gasteiger partial charge in [0.15, 0.2) is 0 Å². The zero-order valence-corrected chi connectivity index (χ0v) is 11.0. The number of nitrogens with one attached hydrogen (secondary N) is 1. The van der Waals surface area contributed by atoms with Gasteiger partial charge in [-0.05, 0) is 19.8 Å². The molecule has 1 N–H and O–H groups in total. The van der Waals surface area contributed by atoms with E-state index in [1.807, 2.05) is 0 Å². The molecule has 0 aromatic heterocycles. The van der Waals surface area contributed by atoms with E-state index in [0.717, 1.165) is 24.7 Å². The molecule has 92 valence electrons. The Morgan fingerprint density at radius 2 is 2.12 bits per heavy atom. The number of piperazine rings is 1. The molecule has 3 heteroatoms. The minimum absolute atomic E-state index is 0.372. The summed E-state index contributed by atoms with van der Waals surface area (Å²) in [5.41, 5.74) is 0.372. The molecule has 1 saturated carbocycles. The van der Waals surface area contributed by atoms with Gasteiger partial charge in [-0.3, -0.25) is 4.90 Å². The van der Waals surface area contributed by atoms with E-state index in [1.54, 1.807) is 0 Å². The monoisotopic (exact) mass is 242 g/mol. The topological polar surface area (TPSA) is 15.3 Å². The normalized spacial score (nSPS) is 30.5. The van der Waals surface area contributed by atoms with Gasteiger partial charge in [0.1, 0.15) is 0 Å². The second-order valence-electron chi connectivity index (χ2n) is 5.49. The molecule has 0 amide bonds. The Morgan fingerprint density at radius 1 is 1.44 bits per heavy atom. The quantitative estimate of drug-likeness (QED) is 0.801. The van der Waals surface area contributed by atoms with Crippen molar-refractivity contribution in [3.05, 3.63) is 11.6 Å². The van der Waals surface area contributed by atoms with Crippen molar-refractivity contribution in [1.82, 2.24) is 10.2 Å². The standard InChI is InChI=1S/C13H23ClN2/c1-11(14)9-16-10-13(15-8-12(16)2)6-4-3-5-7-13/h12,15H,1,3-10H2,2H3. The molecule has 0 bridgehead atoms. The number of halogens is 1. The number of hydrogen-bond donors (Lipinski definition) is 1. The first-order valence-corrected chi connectivity index (χ1v) is 6.81. The lowest BCUT2D eigenvalue weighted by Crippen LogP contribution is -2.64. The molecule has 0 aromatic rings. The molecule has 2 fully saturated rings. The van der Waals surface area contributed by atoms with Gasteiger partial charge in [-0.15, -0.1) is 0 Å². The van der Waals surface area contributed by atoms with Crippen LogP contribution in [0.15, 0.2) is 11.6 Å². The Kier molecular flexibility index (Phi) is 3.93. The maximum atomic E-state index is 5.95. The van der Waals surface area contributed by atoms with Crippen LogP contribution in [0.4, 0.5) is 0 Å². The van der Waals surface area contributed by atoms with Gasteiger partial charge in [-0.1, -0.05) is 37.4 Å². The number of nitrogens with zero attached hydrogens (tertiary/aromatic N) is 1. The van der Waals surface area contributed by atoms with Gasteiger partial charge in [-0.2, -0.15) is 0 Å². The van der Waals surface area contributed by atoms with Gasteiger partial charge in [0.25, 0.3) is 0 Å². The average Bonchev–Trinajstić information content (AvgIpc) is 2.24. The first kappa shape index (κ1) is 12.4. The fourth-order valence-electron chi connectivity index (χ4n) is 3.09. The van der Waals surface area contributed by atoms with Gasteiger partial charge in [0.05, 0.1) is 0 Å². The van der Waals surface area contributed by atoms with Crippen molar-refractivity contribution < 1.29 is 0 Å². The molecule has 0 aromatic carbocycles. The molecule has 1 heterocycles. The van der Waals surface area contributed by atoms with E-state index < -0.39 is 0 Å². The third-order valence-corrected chi connectivity index (χ3v) is 4.21. The minimum Gasteiger partial charge on any atom is -0.308 e. The Hall–Kier alpha value is -0.0500. The van der Waals surface area contributed by atoms with E-state index >= 15 is 0 Å². The summed E-state index contributed by atoms with van der Waals surface area (Å²) in [6.07, 6.45) is 6.80. The lowest BCUT2D eigenvalue weighted by molar-refractivity contribution is 0.0711. The van der Waals surface area contributed by atoms with E-state index in [2.05, 4.69) is 23.7 Å². The molecule has 2 rings (SSSR count). The SMILES string of the molecule is C=C(Cl)CN1CC2(CCCCC2)NCC1C. The molecule has 2 aliphatic rings. The molecule has 1 unspecified atom stereocenters. The molecule has 1 aliphatic heterocycles. The van der Waals surface area contributed by atoms with E-state index in [-0.39, 0.29) is 0 Å². The lowest BCUT2D eigenvalue weighted by atomic mass is 9.79. The van der Waals surface area contributed by atoms with Gasteiger partial charge >= 0.3 is 0 Å². The average molecular weight is 243 g/mol. The van der Waals surface area contributed by atoms with Gasteiger partial charge in [0.2, 0.25) is 0 Å². The Bertz CT molecular complexity index is 259. The van der Waals surface area contributed by atoms with Crippen molar-refractivity contribution in [2.45, 2.75) is 50.6 Å². The summed E-state index contributed by atoms with van der Waals surface area (Å²) < 4.78 is 0. The molecule has 1 atom stereocenters. The molecule has 1 saturated heterocycles. The molecule has 0 radical (unpaired) electrons. The van der Waals surface area contributed by atoms with Crippen molar-refractivity contribution >= 4 is 11.6 Å². The van der Waals surface area contributed by atoms with Crippen LogP contribution in [0.5, 0.6) is 0 Å². The van der Waals surface area contributed by atoms with Crippen LogP contribution in [0.1, 0.15) is 39.0 Å². The van der Waals surface area contributed by atoms with Crippen LogP contribution in [-0.4, -0.2) is 36.1 Å². The summed E-state index contributed by atoms with van der Waals surface area (Å²) in [5.74, 6) is 0. The Labute approximate surface area is 104 Å². The smallest absolute Gasteiger partial charge is 0.0339 e. The summed E-state index contributed by atoms with van der Waals surface area (Å²) in [4.78, 5) is 2.48. The summed E-state index contributed by atoms with van der Waals surface area (Å²) in [6, 6.07) is 0.572. The highest BCUT2D eigenvalue weighted by molar-refractivity contribution is 6.29. The fraction of sp³-hybridized carbons (Fsp3) is 0.846. The van der Waals surface area contributed by atoms with Crippen LogP contribution in [0.2, 0.25) is 0 Å². The first-order valence-electron chi connectivity index (χ1n) is 6.44. The number of rotatable bonds is 2. The summed E-state index contributed by atoms with van der Waals surface area (Å²) >= 11 is 5.95. The zero-order valence-electron chi connectivity index (χ0n) is 10.3. The molecule has 1 aliphatic carbocycles. The second-order valence-corrected chi connectivity index (χ2v) is 6.03. The number of hydrogen-bond acceptors (Lipinski definition) is 2. The third kappa shape index (κ3) is 2.79. The van der Waals surface area contributed by atoms with Crippen molar-refractivity contribution in [2.75, 3.05) is 19.6 Å². The zero-order chi connectivity index (χ0) is 11.6. The molecular formula is C13H23ClN2. The maximum absolute atomic E-state index is 5.95. The molecular weight excluding hydrogens is 220 g/mol. The molecule has 16 heavy (non-hydrogen) atoms. The Morgan fingerprint density at radius 3 is 2.75 bits per heavy atom. The highest BCUT2D eigenvalue weighted by Crippen LogP contribution is 2.32. The predicted octanol–water partition coefficient (Wildman–Crippen LogP) is 2.74. The van der Waals surface area contributed by atoms with Crippen molar-refractivity contribution in [1.29, 1.82) is 0 Å². The highest BCUT2D eigenvalue weighted by Gasteiger charge is 2.38. The third-order valence-electron chi connectivity index (χ3n) is 4.09. The first-order chi connectivity index (χ1) is 7.61. The van der Waals surface area contributed by atoms with Gasteiger partial charge < -0.3 is 5.32 Å². The molecule has 1 spiro atoms. The van der Waals surface area contributed by atoms with Crippen LogP contribution >= 0.6 is 11.6 Å². The van der Waals surface area contributed by atoms with E-state index in [4.69, 9.17) is 11.6 Å². The maximum Gasteiger partial charge on any atom is 0.0339 e. The summed E-state index contributed by atoms with van der Waals surface area (Å²) in [5, 5.41) is 4.54. The lowest BCUT2D eigenvalue weighted by Gasteiger charge is -2.49. The van der Waals surface area contributed by atoms with E-state index in [0.29, 0.717) is 11.6 Å². The van der Waals surface area contributed by atoms with Crippen molar-refractivity contribution in [3.63, 3.8) is 0 Å². The highest BCUT2D eigenvalue weighted by atomic mass is 35.5. The van der Waals surface area contributed by atoms with E-state index in [1.165, 1.54) is 32.1 Å². The summed E-state index contributed by atoms with van der Waals surface area (Å²) in [7, 11) is 0. The molecule has 2 nitrogen and oxygen atoms in total.